The maximum atomic E-state index is 12.1. The van der Waals surface area contributed by atoms with Gasteiger partial charge in [-0.15, -0.1) is 0 Å². The number of halogens is 4. The van der Waals surface area contributed by atoms with Gasteiger partial charge >= 0.3 is 0 Å². The van der Waals surface area contributed by atoms with Gasteiger partial charge in [0.05, 0.1) is 20.6 Å². The van der Waals surface area contributed by atoms with Crippen LogP contribution in [0.4, 0.5) is 5.69 Å². The molecule has 0 atom stereocenters. The van der Waals surface area contributed by atoms with E-state index >= 15 is 0 Å². The first kappa shape index (κ1) is 15.4. The van der Waals surface area contributed by atoms with Gasteiger partial charge in [-0.3, -0.25) is 4.79 Å². The van der Waals surface area contributed by atoms with E-state index in [1.165, 1.54) is 12.1 Å². The fourth-order valence-corrected chi connectivity index (χ4v) is 2.58. The van der Waals surface area contributed by atoms with Crippen molar-refractivity contribution in [3.8, 4) is 5.75 Å². The molecule has 0 radical (unpaired) electrons. The summed E-state index contributed by atoms with van der Waals surface area (Å²) in [6.07, 6.45) is 0. The van der Waals surface area contributed by atoms with Crippen LogP contribution in [0.15, 0.2) is 34.8 Å². The van der Waals surface area contributed by atoms with Gasteiger partial charge in [-0.2, -0.15) is 0 Å². The lowest BCUT2D eigenvalue weighted by atomic mass is 10.2. The molecule has 2 rings (SSSR count). The van der Waals surface area contributed by atoms with Crippen LogP contribution in [-0.2, 0) is 0 Å². The third-order valence-electron chi connectivity index (χ3n) is 2.47. The van der Waals surface area contributed by atoms with Crippen LogP contribution in [0.25, 0.3) is 0 Å². The minimum absolute atomic E-state index is 0.0492. The SMILES string of the molecule is O=C(Nc1cc(Cl)c(O)c(Cl)c1)c1cccc(Br)c1Cl. The molecule has 0 spiro atoms. The predicted molar refractivity (Wildman–Crippen MR) is 85.2 cm³/mol. The van der Waals surface area contributed by atoms with Gasteiger partial charge < -0.3 is 10.4 Å². The van der Waals surface area contributed by atoms with Crippen LogP contribution >= 0.6 is 50.7 Å². The average molecular weight is 395 g/mol. The highest BCUT2D eigenvalue weighted by Crippen LogP contribution is 2.35. The topological polar surface area (TPSA) is 49.3 Å². The van der Waals surface area contributed by atoms with Crippen molar-refractivity contribution in [3.63, 3.8) is 0 Å². The summed E-state index contributed by atoms with van der Waals surface area (Å²) < 4.78 is 0.619. The lowest BCUT2D eigenvalue weighted by molar-refractivity contribution is 0.102. The molecule has 3 nitrogen and oxygen atoms in total. The minimum atomic E-state index is -0.408. The molecule has 0 heterocycles. The Morgan fingerprint density at radius 2 is 1.75 bits per heavy atom. The molecule has 0 unspecified atom stereocenters. The number of hydrogen-bond acceptors (Lipinski definition) is 2. The first-order chi connectivity index (χ1) is 9.40. The summed E-state index contributed by atoms with van der Waals surface area (Å²) in [5.74, 6) is -0.638. The largest absolute Gasteiger partial charge is 0.505 e. The highest BCUT2D eigenvalue weighted by Gasteiger charge is 2.14. The Morgan fingerprint density at radius 1 is 1.15 bits per heavy atom. The van der Waals surface area contributed by atoms with Crippen LogP contribution in [0.2, 0.25) is 15.1 Å². The van der Waals surface area contributed by atoms with Crippen LogP contribution in [0.1, 0.15) is 10.4 Å². The van der Waals surface area contributed by atoms with E-state index in [0.717, 1.165) is 0 Å². The number of rotatable bonds is 2. The summed E-state index contributed by atoms with van der Waals surface area (Å²) in [6.45, 7) is 0. The summed E-state index contributed by atoms with van der Waals surface area (Å²) in [5, 5.41) is 12.5. The zero-order valence-electron chi connectivity index (χ0n) is 9.75. The summed E-state index contributed by atoms with van der Waals surface area (Å²) >= 11 is 20.9. The minimum Gasteiger partial charge on any atom is -0.505 e. The van der Waals surface area contributed by atoms with E-state index in [-0.39, 0.29) is 15.8 Å². The Balaban J connectivity index is 2.30. The van der Waals surface area contributed by atoms with Crippen molar-refractivity contribution in [2.45, 2.75) is 0 Å². The van der Waals surface area contributed by atoms with Crippen molar-refractivity contribution in [2.24, 2.45) is 0 Å². The second kappa shape index (κ2) is 6.22. The van der Waals surface area contributed by atoms with Crippen LogP contribution in [0, 0.1) is 0 Å². The molecule has 0 aromatic heterocycles. The van der Waals surface area contributed by atoms with E-state index in [0.29, 0.717) is 20.7 Å². The molecule has 1 amide bonds. The number of anilines is 1. The second-order valence-electron chi connectivity index (χ2n) is 3.84. The molecule has 104 valence electrons. The maximum Gasteiger partial charge on any atom is 0.257 e. The van der Waals surface area contributed by atoms with Gasteiger partial charge in [-0.05, 0) is 40.2 Å². The molecular weight excluding hydrogens is 388 g/mol. The number of carbonyl (C=O) groups is 1. The second-order valence-corrected chi connectivity index (χ2v) is 5.89. The van der Waals surface area contributed by atoms with E-state index in [9.17, 15) is 9.90 Å². The van der Waals surface area contributed by atoms with Crippen LogP contribution in [-0.4, -0.2) is 11.0 Å². The van der Waals surface area contributed by atoms with Crippen molar-refractivity contribution >= 4 is 62.3 Å². The van der Waals surface area contributed by atoms with Crippen molar-refractivity contribution < 1.29 is 9.90 Å². The molecular formula is C13H7BrCl3NO2. The molecule has 2 aromatic carbocycles. The summed E-state index contributed by atoms with van der Waals surface area (Å²) in [6, 6.07) is 7.81. The van der Waals surface area contributed by atoms with Crippen molar-refractivity contribution in [3.05, 3.63) is 55.4 Å². The monoisotopic (exact) mass is 393 g/mol. The number of hydrogen-bond donors (Lipinski definition) is 2. The number of amides is 1. The summed E-state index contributed by atoms with van der Waals surface area (Å²) in [7, 11) is 0. The molecule has 0 saturated carbocycles. The molecule has 0 aliphatic rings. The molecule has 0 aliphatic heterocycles. The molecule has 0 aliphatic carbocycles. The third-order valence-corrected chi connectivity index (χ3v) is 4.34. The molecule has 2 N–H and O–H groups in total. The first-order valence-electron chi connectivity index (χ1n) is 5.33. The highest BCUT2D eigenvalue weighted by atomic mass is 79.9. The molecule has 2 aromatic rings. The molecule has 0 fully saturated rings. The van der Waals surface area contributed by atoms with Crippen molar-refractivity contribution in [1.29, 1.82) is 0 Å². The number of carbonyl (C=O) groups excluding carboxylic acids is 1. The number of benzene rings is 2. The number of phenolic OH excluding ortho intramolecular Hbond substituents is 1. The van der Waals surface area contributed by atoms with Crippen molar-refractivity contribution in [2.75, 3.05) is 5.32 Å². The third kappa shape index (κ3) is 3.20. The van der Waals surface area contributed by atoms with Crippen LogP contribution < -0.4 is 5.32 Å². The van der Waals surface area contributed by atoms with Crippen LogP contribution in [0.3, 0.4) is 0 Å². The summed E-state index contributed by atoms with van der Waals surface area (Å²) in [4.78, 5) is 12.1. The van der Waals surface area contributed by atoms with E-state index in [4.69, 9.17) is 34.8 Å². The Hall–Kier alpha value is -0.940. The standard InChI is InChI=1S/C13H7BrCl3NO2/c14-8-3-1-2-7(11(8)17)13(20)18-6-4-9(15)12(19)10(16)5-6/h1-5,19H,(H,18,20). The molecule has 7 heteroatoms. The molecule has 0 saturated heterocycles. The van der Waals surface area contributed by atoms with E-state index in [1.54, 1.807) is 18.2 Å². The summed E-state index contributed by atoms with van der Waals surface area (Å²) in [5.41, 5.74) is 0.667. The number of aromatic hydroxyl groups is 1. The fraction of sp³-hybridized carbons (Fsp3) is 0. The predicted octanol–water partition coefficient (Wildman–Crippen LogP) is 5.37. The highest BCUT2D eigenvalue weighted by molar-refractivity contribution is 9.10. The Kier molecular flexibility index (Phi) is 4.81. The van der Waals surface area contributed by atoms with Crippen molar-refractivity contribution in [1.82, 2.24) is 0 Å². The zero-order chi connectivity index (χ0) is 14.9. The first-order valence-corrected chi connectivity index (χ1v) is 7.26. The van der Waals surface area contributed by atoms with E-state index in [1.807, 2.05) is 0 Å². The fourth-order valence-electron chi connectivity index (χ4n) is 1.52. The van der Waals surface area contributed by atoms with Gasteiger partial charge in [0.25, 0.3) is 5.91 Å². The maximum absolute atomic E-state index is 12.1. The smallest absolute Gasteiger partial charge is 0.257 e. The van der Waals surface area contributed by atoms with Gasteiger partial charge in [-0.25, -0.2) is 0 Å². The Labute approximate surface area is 138 Å². The quantitative estimate of drug-likeness (QED) is 0.672. The normalized spacial score (nSPS) is 10.4. The Bertz CT molecular complexity index is 668. The van der Waals surface area contributed by atoms with Gasteiger partial charge in [0.1, 0.15) is 0 Å². The molecule has 20 heavy (non-hydrogen) atoms. The van der Waals surface area contributed by atoms with Gasteiger partial charge in [0.2, 0.25) is 0 Å². The van der Waals surface area contributed by atoms with Gasteiger partial charge in [0.15, 0.2) is 5.75 Å². The number of nitrogens with one attached hydrogen (secondary N) is 1. The van der Waals surface area contributed by atoms with Gasteiger partial charge in [-0.1, -0.05) is 40.9 Å². The van der Waals surface area contributed by atoms with Gasteiger partial charge in [0, 0.05) is 10.2 Å². The lowest BCUT2D eigenvalue weighted by Gasteiger charge is -2.09. The number of phenols is 1. The average Bonchev–Trinajstić information content (AvgIpc) is 2.39. The van der Waals surface area contributed by atoms with Crippen LogP contribution in [0.5, 0.6) is 5.75 Å². The van der Waals surface area contributed by atoms with E-state index in [2.05, 4.69) is 21.2 Å². The molecule has 0 bridgehead atoms. The Morgan fingerprint density at radius 3 is 2.35 bits per heavy atom. The van der Waals surface area contributed by atoms with E-state index < -0.39 is 5.91 Å². The zero-order valence-corrected chi connectivity index (χ0v) is 13.6. The lowest BCUT2D eigenvalue weighted by Crippen LogP contribution is -2.12.